The number of ether oxygens (including phenoxy) is 1. The predicted molar refractivity (Wildman–Crippen MR) is 84.9 cm³/mol. The van der Waals surface area contributed by atoms with Gasteiger partial charge in [-0.2, -0.15) is 0 Å². The zero-order valence-corrected chi connectivity index (χ0v) is 14.0. The van der Waals surface area contributed by atoms with Crippen molar-refractivity contribution in [3.05, 3.63) is 34.9 Å². The molecule has 1 heterocycles. The first kappa shape index (κ1) is 16.7. The predicted octanol–water partition coefficient (Wildman–Crippen LogP) is 3.06. The van der Waals surface area contributed by atoms with Gasteiger partial charge in [-0.15, -0.1) is 0 Å². The molecule has 21 heavy (non-hydrogen) atoms. The van der Waals surface area contributed by atoms with Gasteiger partial charge in [-0.1, -0.05) is 29.8 Å². The smallest absolute Gasteiger partial charge is 0.218 e. The van der Waals surface area contributed by atoms with E-state index in [1.165, 1.54) is 0 Å². The number of sulfonamides is 1. The fraction of sp³-hybridized carbons (Fsp3) is 0.600. The minimum absolute atomic E-state index is 0.0393. The van der Waals surface area contributed by atoms with E-state index in [9.17, 15) is 8.42 Å². The molecule has 2 rings (SSSR count). The van der Waals surface area contributed by atoms with E-state index in [1.54, 1.807) is 28.6 Å². The van der Waals surface area contributed by atoms with Crippen LogP contribution in [0.5, 0.6) is 0 Å². The average molecular weight is 332 g/mol. The molecule has 0 N–H and O–H groups in total. The monoisotopic (exact) mass is 331 g/mol. The first-order chi connectivity index (χ1) is 9.88. The van der Waals surface area contributed by atoms with Crippen LogP contribution in [0.3, 0.4) is 0 Å². The molecule has 0 amide bonds. The highest BCUT2D eigenvalue weighted by atomic mass is 35.5. The molecular formula is C15H22ClNO3S. The Morgan fingerprint density at radius 3 is 2.48 bits per heavy atom. The van der Waals surface area contributed by atoms with E-state index in [0.29, 0.717) is 23.7 Å². The molecule has 0 bridgehead atoms. The van der Waals surface area contributed by atoms with Gasteiger partial charge in [0.05, 0.1) is 18.0 Å². The Kier molecular flexibility index (Phi) is 5.66. The summed E-state index contributed by atoms with van der Waals surface area (Å²) in [5.41, 5.74) is 0.653. The molecule has 118 valence electrons. The van der Waals surface area contributed by atoms with Crippen molar-refractivity contribution in [2.75, 3.05) is 13.1 Å². The van der Waals surface area contributed by atoms with Crippen molar-refractivity contribution in [2.45, 2.75) is 44.6 Å². The molecule has 1 aliphatic rings. The molecule has 0 saturated carbocycles. The van der Waals surface area contributed by atoms with Crippen LogP contribution < -0.4 is 0 Å². The normalized spacial score (nSPS) is 18.3. The largest absolute Gasteiger partial charge is 0.375 e. The van der Waals surface area contributed by atoms with Crippen molar-refractivity contribution in [3.8, 4) is 0 Å². The first-order valence-corrected chi connectivity index (χ1v) is 9.24. The van der Waals surface area contributed by atoms with Gasteiger partial charge in [-0.3, -0.25) is 0 Å². The Morgan fingerprint density at radius 1 is 1.29 bits per heavy atom. The van der Waals surface area contributed by atoms with E-state index in [-0.39, 0.29) is 18.0 Å². The van der Waals surface area contributed by atoms with Crippen LogP contribution in [-0.2, 0) is 20.5 Å². The van der Waals surface area contributed by atoms with Crippen molar-refractivity contribution in [1.29, 1.82) is 0 Å². The lowest BCUT2D eigenvalue weighted by Crippen LogP contribution is -2.41. The van der Waals surface area contributed by atoms with Crippen molar-refractivity contribution in [1.82, 2.24) is 4.31 Å². The summed E-state index contributed by atoms with van der Waals surface area (Å²) in [6, 6.07) is 7.08. The summed E-state index contributed by atoms with van der Waals surface area (Å²) in [6.07, 6.45) is 1.85. The molecule has 0 aliphatic carbocycles. The number of nitrogens with zero attached hydrogens (tertiary/aromatic N) is 1. The van der Waals surface area contributed by atoms with Gasteiger partial charge in [-0.25, -0.2) is 12.7 Å². The Morgan fingerprint density at radius 2 is 1.90 bits per heavy atom. The van der Waals surface area contributed by atoms with Gasteiger partial charge in [-0.05, 0) is 38.3 Å². The lowest BCUT2D eigenvalue weighted by atomic mass is 10.1. The van der Waals surface area contributed by atoms with Crippen LogP contribution in [0.15, 0.2) is 24.3 Å². The third-order valence-corrected chi connectivity index (χ3v) is 5.75. The van der Waals surface area contributed by atoms with E-state index in [4.69, 9.17) is 16.3 Å². The Hall–Kier alpha value is -0.620. The minimum atomic E-state index is -3.32. The van der Waals surface area contributed by atoms with Gasteiger partial charge < -0.3 is 4.74 Å². The second-order valence-electron chi connectivity index (χ2n) is 5.63. The molecule has 0 radical (unpaired) electrons. The molecule has 1 aromatic carbocycles. The highest BCUT2D eigenvalue weighted by molar-refractivity contribution is 7.88. The first-order valence-electron chi connectivity index (χ1n) is 7.25. The molecule has 0 aromatic heterocycles. The number of piperidine rings is 1. The van der Waals surface area contributed by atoms with Gasteiger partial charge >= 0.3 is 0 Å². The average Bonchev–Trinajstić information content (AvgIpc) is 2.41. The molecular weight excluding hydrogens is 310 g/mol. The summed E-state index contributed by atoms with van der Waals surface area (Å²) in [5, 5.41) is 0.499. The van der Waals surface area contributed by atoms with Crippen LogP contribution in [-0.4, -0.2) is 38.0 Å². The van der Waals surface area contributed by atoms with Crippen LogP contribution in [0.1, 0.15) is 32.3 Å². The van der Waals surface area contributed by atoms with Crippen LogP contribution >= 0.6 is 11.6 Å². The SMILES string of the molecule is CC(C)OC1CCN(S(=O)(=O)Cc2ccccc2Cl)CC1. The van der Waals surface area contributed by atoms with Gasteiger partial charge in [0.1, 0.15) is 0 Å². The third kappa shape index (κ3) is 4.68. The van der Waals surface area contributed by atoms with Crippen molar-refractivity contribution < 1.29 is 13.2 Å². The second kappa shape index (κ2) is 7.09. The molecule has 1 fully saturated rings. The maximum absolute atomic E-state index is 12.5. The number of benzene rings is 1. The fourth-order valence-corrected chi connectivity index (χ4v) is 4.41. The Balaban J connectivity index is 1.97. The third-order valence-electron chi connectivity index (χ3n) is 3.55. The summed E-state index contributed by atoms with van der Waals surface area (Å²) >= 11 is 6.05. The highest BCUT2D eigenvalue weighted by Gasteiger charge is 2.29. The quantitative estimate of drug-likeness (QED) is 0.833. The molecule has 6 heteroatoms. The fourth-order valence-electron chi connectivity index (χ4n) is 2.53. The summed E-state index contributed by atoms with van der Waals surface area (Å²) < 4.78 is 32.2. The number of hydrogen-bond acceptors (Lipinski definition) is 3. The van der Waals surface area contributed by atoms with Gasteiger partial charge in [0, 0.05) is 18.1 Å². The molecule has 0 spiro atoms. The van der Waals surface area contributed by atoms with Crippen LogP contribution in [0.2, 0.25) is 5.02 Å². The lowest BCUT2D eigenvalue weighted by Gasteiger charge is -2.32. The summed E-state index contributed by atoms with van der Waals surface area (Å²) in [6.45, 7) is 5.04. The maximum atomic E-state index is 12.5. The van der Waals surface area contributed by atoms with E-state index >= 15 is 0 Å². The van der Waals surface area contributed by atoms with Crippen molar-refractivity contribution >= 4 is 21.6 Å². The van der Waals surface area contributed by atoms with E-state index in [2.05, 4.69) is 0 Å². The van der Waals surface area contributed by atoms with Crippen LogP contribution in [0, 0.1) is 0 Å². The topological polar surface area (TPSA) is 46.6 Å². The molecule has 1 aromatic rings. The summed E-state index contributed by atoms with van der Waals surface area (Å²) in [5.74, 6) is -0.0393. The van der Waals surface area contributed by atoms with Gasteiger partial charge in [0.15, 0.2) is 0 Å². The minimum Gasteiger partial charge on any atom is -0.375 e. The summed E-state index contributed by atoms with van der Waals surface area (Å²) in [4.78, 5) is 0. The highest BCUT2D eigenvalue weighted by Crippen LogP contribution is 2.23. The number of halogens is 1. The molecule has 0 atom stereocenters. The second-order valence-corrected chi connectivity index (χ2v) is 8.01. The number of hydrogen-bond donors (Lipinski definition) is 0. The molecule has 1 saturated heterocycles. The standard InChI is InChI=1S/C15H22ClNO3S/c1-12(2)20-14-7-9-17(10-8-14)21(18,19)11-13-5-3-4-6-15(13)16/h3-6,12,14H,7-11H2,1-2H3. The van der Waals surface area contributed by atoms with Gasteiger partial charge in [0.25, 0.3) is 0 Å². The van der Waals surface area contributed by atoms with Gasteiger partial charge in [0.2, 0.25) is 10.0 Å². The van der Waals surface area contributed by atoms with Crippen LogP contribution in [0.4, 0.5) is 0 Å². The Bertz CT molecular complexity index is 566. The molecule has 1 aliphatic heterocycles. The lowest BCUT2D eigenvalue weighted by molar-refractivity contribution is -0.0168. The maximum Gasteiger partial charge on any atom is 0.218 e. The van der Waals surface area contributed by atoms with E-state index < -0.39 is 10.0 Å². The molecule has 4 nitrogen and oxygen atoms in total. The van der Waals surface area contributed by atoms with E-state index in [0.717, 1.165) is 12.8 Å². The van der Waals surface area contributed by atoms with Crippen LogP contribution in [0.25, 0.3) is 0 Å². The Labute approximate surface area is 132 Å². The molecule has 0 unspecified atom stereocenters. The van der Waals surface area contributed by atoms with Crippen molar-refractivity contribution in [2.24, 2.45) is 0 Å². The van der Waals surface area contributed by atoms with Crippen molar-refractivity contribution in [3.63, 3.8) is 0 Å². The van der Waals surface area contributed by atoms with E-state index in [1.807, 2.05) is 13.8 Å². The zero-order chi connectivity index (χ0) is 15.5. The zero-order valence-electron chi connectivity index (χ0n) is 12.5. The number of rotatable bonds is 5. The summed E-state index contributed by atoms with van der Waals surface area (Å²) in [7, 11) is -3.32.